The summed E-state index contributed by atoms with van der Waals surface area (Å²) in [7, 11) is 1.38. The second kappa shape index (κ2) is 7.09. The van der Waals surface area contributed by atoms with Gasteiger partial charge in [-0.15, -0.1) is 0 Å². The zero-order chi connectivity index (χ0) is 15.5. The lowest BCUT2D eigenvalue weighted by Gasteiger charge is -2.22. The predicted octanol–water partition coefficient (Wildman–Crippen LogP) is 3.10. The van der Waals surface area contributed by atoms with Crippen molar-refractivity contribution in [2.45, 2.75) is 30.3 Å². The van der Waals surface area contributed by atoms with Crippen molar-refractivity contribution in [3.05, 3.63) is 28.2 Å². The second-order valence-electron chi connectivity index (χ2n) is 4.70. The number of hydrogen-bond acceptors (Lipinski definition) is 5. The lowest BCUT2D eigenvalue weighted by molar-refractivity contribution is -0.0300. The first-order valence-corrected chi connectivity index (χ1v) is 9.50. The van der Waals surface area contributed by atoms with Gasteiger partial charge >= 0.3 is 5.97 Å². The Hall–Kier alpha value is -0.630. The molecule has 1 fully saturated rings. The fraction of sp³-hybridized carbons (Fsp3) is 0.462. The Kier molecular flexibility index (Phi) is 5.65. The molecule has 1 saturated heterocycles. The van der Waals surface area contributed by atoms with Crippen LogP contribution in [-0.2, 0) is 18.5 Å². The van der Waals surface area contributed by atoms with Crippen molar-refractivity contribution >= 4 is 41.6 Å². The van der Waals surface area contributed by atoms with Crippen LogP contribution >= 0.6 is 26.6 Å². The summed E-state index contributed by atoms with van der Waals surface area (Å²) in [5, 5.41) is 0. The number of carbonyl (C=O) groups excluding carboxylic acids is 1. The molecule has 0 N–H and O–H groups in total. The summed E-state index contributed by atoms with van der Waals surface area (Å²) < 4.78 is 33.7. The molecule has 1 aliphatic heterocycles. The van der Waals surface area contributed by atoms with Gasteiger partial charge in [-0.2, -0.15) is 0 Å². The van der Waals surface area contributed by atoms with E-state index in [1.807, 2.05) is 0 Å². The van der Waals surface area contributed by atoms with Crippen molar-refractivity contribution < 1.29 is 22.7 Å². The molecule has 116 valence electrons. The molecule has 0 saturated carbocycles. The number of halogens is 2. The Morgan fingerprint density at radius 2 is 2.14 bits per heavy atom. The zero-order valence-corrected chi connectivity index (χ0v) is 14.2. The maximum absolute atomic E-state index is 12.0. The smallest absolute Gasteiger partial charge is 0.338 e. The van der Waals surface area contributed by atoms with Crippen LogP contribution in [0.4, 0.5) is 0 Å². The van der Waals surface area contributed by atoms with E-state index in [-0.39, 0.29) is 23.2 Å². The van der Waals surface area contributed by atoms with E-state index in [9.17, 15) is 13.2 Å². The van der Waals surface area contributed by atoms with Crippen molar-refractivity contribution in [1.82, 2.24) is 0 Å². The fourth-order valence-corrected chi connectivity index (χ4v) is 3.46. The lowest BCUT2D eigenvalue weighted by atomic mass is 10.1. The number of ether oxygens (including phenoxy) is 2. The van der Waals surface area contributed by atoms with Gasteiger partial charge in [-0.3, -0.25) is 0 Å². The molecule has 2 rings (SSSR count). The van der Waals surface area contributed by atoms with Gasteiger partial charge in [0.1, 0.15) is 6.61 Å². The highest BCUT2D eigenvalue weighted by Crippen LogP contribution is 2.23. The van der Waals surface area contributed by atoms with Crippen LogP contribution in [0.25, 0.3) is 0 Å². The van der Waals surface area contributed by atoms with Crippen molar-refractivity contribution in [2.24, 2.45) is 0 Å². The lowest BCUT2D eigenvalue weighted by Crippen LogP contribution is -2.26. The predicted molar refractivity (Wildman–Crippen MR) is 81.1 cm³/mol. The van der Waals surface area contributed by atoms with E-state index in [0.29, 0.717) is 11.1 Å². The Labute approximate surface area is 136 Å². The van der Waals surface area contributed by atoms with Crippen molar-refractivity contribution in [3.63, 3.8) is 0 Å². The Morgan fingerprint density at radius 1 is 1.38 bits per heavy atom. The Morgan fingerprint density at radius 3 is 2.76 bits per heavy atom. The average Bonchev–Trinajstić information content (AvgIpc) is 2.44. The number of carbonyl (C=O) groups is 1. The largest absolute Gasteiger partial charge is 0.459 e. The summed E-state index contributed by atoms with van der Waals surface area (Å²) in [4.78, 5) is 11.8. The van der Waals surface area contributed by atoms with E-state index in [1.165, 1.54) is 18.2 Å². The topological polar surface area (TPSA) is 69.7 Å². The van der Waals surface area contributed by atoms with E-state index < -0.39 is 15.0 Å². The fourth-order valence-electron chi connectivity index (χ4n) is 2.01. The molecule has 0 spiro atoms. The monoisotopic (exact) mass is 396 g/mol. The van der Waals surface area contributed by atoms with Crippen LogP contribution in [0.3, 0.4) is 0 Å². The van der Waals surface area contributed by atoms with E-state index in [4.69, 9.17) is 20.2 Å². The summed E-state index contributed by atoms with van der Waals surface area (Å²) in [5.74, 6) is -0.605. The molecule has 1 aromatic rings. The third-order valence-electron chi connectivity index (χ3n) is 3.06. The minimum atomic E-state index is -3.91. The molecule has 1 aromatic carbocycles. The highest BCUT2D eigenvalue weighted by Gasteiger charge is 2.19. The van der Waals surface area contributed by atoms with E-state index >= 15 is 0 Å². The quantitative estimate of drug-likeness (QED) is 0.577. The standard InChI is InChI=1S/C13H14BrClO5S/c14-10-5-9(6-12(7-10)21(15,17)18)13(16)20-8-11-3-1-2-4-19-11/h5-7,11H,1-4,8H2. The number of esters is 1. The third-order valence-corrected chi connectivity index (χ3v) is 4.85. The molecule has 1 unspecified atom stereocenters. The van der Waals surface area contributed by atoms with Crippen molar-refractivity contribution in [2.75, 3.05) is 13.2 Å². The van der Waals surface area contributed by atoms with E-state index in [0.717, 1.165) is 19.3 Å². The van der Waals surface area contributed by atoms with Crippen LogP contribution in [0.15, 0.2) is 27.6 Å². The molecule has 0 bridgehead atoms. The number of benzene rings is 1. The second-order valence-corrected chi connectivity index (χ2v) is 8.18. The third kappa shape index (κ3) is 4.95. The van der Waals surface area contributed by atoms with Crippen LogP contribution in [0.2, 0.25) is 0 Å². The molecule has 1 heterocycles. The molecule has 21 heavy (non-hydrogen) atoms. The van der Waals surface area contributed by atoms with E-state index in [1.54, 1.807) is 0 Å². The average molecular weight is 398 g/mol. The number of hydrogen-bond donors (Lipinski definition) is 0. The van der Waals surface area contributed by atoms with Gasteiger partial charge in [0, 0.05) is 21.8 Å². The SMILES string of the molecule is O=C(OCC1CCCCO1)c1cc(Br)cc(S(=O)(=O)Cl)c1. The first-order chi connectivity index (χ1) is 9.86. The molecule has 0 amide bonds. The molecule has 5 nitrogen and oxygen atoms in total. The van der Waals surface area contributed by atoms with Gasteiger partial charge in [-0.25, -0.2) is 13.2 Å². The van der Waals surface area contributed by atoms with Crippen LogP contribution < -0.4 is 0 Å². The maximum atomic E-state index is 12.0. The summed E-state index contributed by atoms with van der Waals surface area (Å²) in [6, 6.07) is 4.00. The number of rotatable bonds is 4. The molecule has 0 aliphatic carbocycles. The zero-order valence-electron chi connectivity index (χ0n) is 11.1. The summed E-state index contributed by atoms with van der Waals surface area (Å²) >= 11 is 3.15. The van der Waals surface area contributed by atoms with Gasteiger partial charge in [-0.1, -0.05) is 15.9 Å². The Bertz CT molecular complexity index is 625. The highest BCUT2D eigenvalue weighted by atomic mass is 79.9. The van der Waals surface area contributed by atoms with Crippen LogP contribution in [0.5, 0.6) is 0 Å². The van der Waals surface area contributed by atoms with E-state index in [2.05, 4.69) is 15.9 Å². The summed E-state index contributed by atoms with van der Waals surface area (Å²) in [6.07, 6.45) is 2.83. The minimum absolute atomic E-state index is 0.0916. The first kappa shape index (κ1) is 16.7. The molecule has 0 radical (unpaired) electrons. The van der Waals surface area contributed by atoms with Gasteiger partial charge in [-0.05, 0) is 37.5 Å². The Balaban J connectivity index is 2.06. The maximum Gasteiger partial charge on any atom is 0.338 e. The van der Waals surface area contributed by atoms with Gasteiger partial charge in [0.15, 0.2) is 0 Å². The molecular weight excluding hydrogens is 384 g/mol. The highest BCUT2D eigenvalue weighted by molar-refractivity contribution is 9.10. The molecule has 0 aromatic heterocycles. The summed E-state index contributed by atoms with van der Waals surface area (Å²) in [6.45, 7) is 0.835. The molecular formula is C13H14BrClO5S. The van der Waals surface area contributed by atoms with Gasteiger partial charge in [0.05, 0.1) is 16.6 Å². The minimum Gasteiger partial charge on any atom is -0.459 e. The van der Waals surface area contributed by atoms with Crippen LogP contribution in [0, 0.1) is 0 Å². The van der Waals surface area contributed by atoms with Gasteiger partial charge < -0.3 is 9.47 Å². The van der Waals surface area contributed by atoms with Gasteiger partial charge in [0.2, 0.25) is 0 Å². The van der Waals surface area contributed by atoms with Crippen molar-refractivity contribution in [1.29, 1.82) is 0 Å². The first-order valence-electron chi connectivity index (χ1n) is 6.40. The van der Waals surface area contributed by atoms with Gasteiger partial charge in [0.25, 0.3) is 9.05 Å². The van der Waals surface area contributed by atoms with Crippen molar-refractivity contribution in [3.8, 4) is 0 Å². The normalized spacial score (nSPS) is 19.2. The molecule has 1 aliphatic rings. The molecule has 8 heteroatoms. The summed E-state index contributed by atoms with van der Waals surface area (Å²) in [5.41, 5.74) is 0.124. The van der Waals surface area contributed by atoms with Crippen LogP contribution in [-0.4, -0.2) is 33.7 Å². The molecule has 1 atom stereocenters. The van der Waals surface area contributed by atoms with Crippen LogP contribution in [0.1, 0.15) is 29.6 Å².